The molecule has 0 aromatic heterocycles. The molecule has 0 bridgehead atoms. The van der Waals surface area contributed by atoms with Crippen molar-refractivity contribution < 1.29 is 8.42 Å². The maximum Gasteiger partial charge on any atom is 0.261 e. The van der Waals surface area contributed by atoms with Gasteiger partial charge in [0.05, 0.1) is 4.90 Å². The Morgan fingerprint density at radius 2 is 1.62 bits per heavy atom. The molecule has 0 saturated heterocycles. The van der Waals surface area contributed by atoms with Gasteiger partial charge in [0.25, 0.3) is 10.0 Å². The first-order valence-corrected chi connectivity index (χ1v) is 9.12. The molecule has 112 valence electrons. The van der Waals surface area contributed by atoms with Crippen LogP contribution in [-0.4, -0.2) is 8.42 Å². The van der Waals surface area contributed by atoms with E-state index in [1.165, 1.54) is 12.1 Å². The second kappa shape index (κ2) is 5.98. The molecule has 0 atom stereocenters. The van der Waals surface area contributed by atoms with Crippen LogP contribution in [0.5, 0.6) is 0 Å². The highest BCUT2D eigenvalue weighted by Gasteiger charge is 2.16. The number of nitrogens with one attached hydrogen (secondary N) is 1. The fourth-order valence-electron chi connectivity index (χ4n) is 1.89. The van der Waals surface area contributed by atoms with Gasteiger partial charge in [-0.15, -0.1) is 0 Å². The maximum atomic E-state index is 12.4. The van der Waals surface area contributed by atoms with Gasteiger partial charge >= 0.3 is 0 Å². The summed E-state index contributed by atoms with van der Waals surface area (Å²) in [5.74, 6) is 0. The first kappa shape index (κ1) is 16.3. The van der Waals surface area contributed by atoms with Crippen LogP contribution in [0.1, 0.15) is 11.1 Å². The highest BCUT2D eigenvalue weighted by atomic mass is 79.9. The molecular formula is C14H14Br2N2O2S. The van der Waals surface area contributed by atoms with Gasteiger partial charge in [-0.25, -0.2) is 8.42 Å². The van der Waals surface area contributed by atoms with Gasteiger partial charge in [-0.05, 0) is 71.2 Å². The van der Waals surface area contributed by atoms with E-state index in [0.29, 0.717) is 15.8 Å². The summed E-state index contributed by atoms with van der Waals surface area (Å²) in [5, 5.41) is 0. The molecule has 4 nitrogen and oxygen atoms in total. The van der Waals surface area contributed by atoms with Crippen molar-refractivity contribution in [3.63, 3.8) is 0 Å². The van der Waals surface area contributed by atoms with E-state index in [2.05, 4.69) is 36.6 Å². The standard InChI is InChI=1S/C14H14Br2N2O2S/c1-8-5-10(6-9(2)14(8)16)18-21(19,20)11-3-4-13(17)12(15)7-11/h3-7,18H,17H2,1-2H3. The van der Waals surface area contributed by atoms with Crippen LogP contribution in [-0.2, 0) is 10.0 Å². The van der Waals surface area contributed by atoms with Crippen LogP contribution >= 0.6 is 31.9 Å². The van der Waals surface area contributed by atoms with Crippen LogP contribution in [0.15, 0.2) is 44.2 Å². The molecule has 2 aromatic carbocycles. The molecule has 0 unspecified atom stereocenters. The predicted octanol–water partition coefficient (Wildman–Crippen LogP) is 4.21. The fourth-order valence-corrected chi connectivity index (χ4v) is 3.72. The molecule has 7 heteroatoms. The quantitative estimate of drug-likeness (QED) is 0.712. The number of nitrogens with two attached hydrogens (primary N) is 1. The summed E-state index contributed by atoms with van der Waals surface area (Å²) < 4.78 is 28.9. The molecule has 0 aliphatic carbocycles. The van der Waals surface area contributed by atoms with E-state index >= 15 is 0 Å². The molecule has 3 N–H and O–H groups in total. The summed E-state index contributed by atoms with van der Waals surface area (Å²) in [5.41, 5.74) is 8.62. The van der Waals surface area contributed by atoms with Crippen LogP contribution in [0.4, 0.5) is 11.4 Å². The first-order chi connectivity index (χ1) is 9.70. The largest absolute Gasteiger partial charge is 0.398 e. The van der Waals surface area contributed by atoms with Crippen molar-refractivity contribution in [2.45, 2.75) is 18.7 Å². The van der Waals surface area contributed by atoms with Gasteiger partial charge in [0, 0.05) is 20.3 Å². The Morgan fingerprint density at radius 1 is 1.05 bits per heavy atom. The molecule has 0 aliphatic heterocycles. The third-order valence-electron chi connectivity index (χ3n) is 2.97. The number of anilines is 2. The second-order valence-electron chi connectivity index (χ2n) is 4.71. The number of sulfonamides is 1. The van der Waals surface area contributed by atoms with E-state index in [1.807, 2.05) is 13.8 Å². The molecule has 2 rings (SSSR count). The number of rotatable bonds is 3. The smallest absolute Gasteiger partial charge is 0.261 e. The number of aryl methyl sites for hydroxylation is 2. The third-order valence-corrected chi connectivity index (χ3v) is 6.29. The lowest BCUT2D eigenvalue weighted by atomic mass is 10.1. The van der Waals surface area contributed by atoms with Crippen LogP contribution in [0, 0.1) is 13.8 Å². The lowest BCUT2D eigenvalue weighted by molar-refractivity contribution is 0.601. The van der Waals surface area contributed by atoms with E-state index < -0.39 is 10.0 Å². The maximum absolute atomic E-state index is 12.4. The van der Waals surface area contributed by atoms with Crippen molar-refractivity contribution in [2.24, 2.45) is 0 Å². The molecule has 0 saturated carbocycles. The molecule has 0 fully saturated rings. The summed E-state index contributed by atoms with van der Waals surface area (Å²) in [6, 6.07) is 8.07. The van der Waals surface area contributed by atoms with Crippen LogP contribution in [0.25, 0.3) is 0 Å². The Balaban J connectivity index is 2.39. The highest BCUT2D eigenvalue weighted by molar-refractivity contribution is 9.11. The zero-order chi connectivity index (χ0) is 15.8. The molecule has 0 heterocycles. The zero-order valence-corrected chi connectivity index (χ0v) is 15.4. The Hall–Kier alpha value is -1.05. The molecule has 0 amide bonds. The first-order valence-electron chi connectivity index (χ1n) is 6.05. The number of benzene rings is 2. The van der Waals surface area contributed by atoms with E-state index in [9.17, 15) is 8.42 Å². The number of nitrogen functional groups attached to an aromatic ring is 1. The average molecular weight is 434 g/mol. The summed E-state index contributed by atoms with van der Waals surface area (Å²) in [6.45, 7) is 3.82. The number of hydrogen-bond acceptors (Lipinski definition) is 3. The second-order valence-corrected chi connectivity index (χ2v) is 8.04. The normalized spacial score (nSPS) is 11.4. The van der Waals surface area contributed by atoms with Crippen LogP contribution in [0.2, 0.25) is 0 Å². The summed E-state index contributed by atoms with van der Waals surface area (Å²) >= 11 is 6.69. The van der Waals surface area contributed by atoms with Crippen molar-refractivity contribution in [1.29, 1.82) is 0 Å². The lowest BCUT2D eigenvalue weighted by Crippen LogP contribution is -2.13. The van der Waals surface area contributed by atoms with E-state index in [0.717, 1.165) is 15.6 Å². The Morgan fingerprint density at radius 3 is 2.14 bits per heavy atom. The summed E-state index contributed by atoms with van der Waals surface area (Å²) in [7, 11) is -3.65. The molecule has 2 aromatic rings. The van der Waals surface area contributed by atoms with E-state index in [-0.39, 0.29) is 4.90 Å². The Bertz CT molecular complexity index is 782. The number of hydrogen-bond donors (Lipinski definition) is 2. The fraction of sp³-hybridized carbons (Fsp3) is 0.143. The van der Waals surface area contributed by atoms with Crippen LogP contribution < -0.4 is 10.5 Å². The lowest BCUT2D eigenvalue weighted by Gasteiger charge is -2.12. The zero-order valence-electron chi connectivity index (χ0n) is 11.4. The van der Waals surface area contributed by atoms with Crippen molar-refractivity contribution >= 4 is 53.3 Å². The molecule has 21 heavy (non-hydrogen) atoms. The van der Waals surface area contributed by atoms with Gasteiger partial charge in [0.2, 0.25) is 0 Å². The monoisotopic (exact) mass is 432 g/mol. The van der Waals surface area contributed by atoms with Gasteiger partial charge in [-0.3, -0.25) is 4.72 Å². The molecule has 0 spiro atoms. The predicted molar refractivity (Wildman–Crippen MR) is 93.0 cm³/mol. The van der Waals surface area contributed by atoms with Crippen molar-refractivity contribution in [1.82, 2.24) is 0 Å². The minimum Gasteiger partial charge on any atom is -0.398 e. The van der Waals surface area contributed by atoms with Crippen LogP contribution in [0.3, 0.4) is 0 Å². The van der Waals surface area contributed by atoms with Gasteiger partial charge in [0.1, 0.15) is 0 Å². The van der Waals surface area contributed by atoms with Gasteiger partial charge in [0.15, 0.2) is 0 Å². The van der Waals surface area contributed by atoms with Gasteiger partial charge in [-0.1, -0.05) is 15.9 Å². The molecular weight excluding hydrogens is 420 g/mol. The molecule has 0 aliphatic rings. The van der Waals surface area contributed by atoms with Gasteiger partial charge < -0.3 is 5.73 Å². The van der Waals surface area contributed by atoms with E-state index in [1.54, 1.807) is 18.2 Å². The number of halogens is 2. The van der Waals surface area contributed by atoms with Crippen molar-refractivity contribution in [3.8, 4) is 0 Å². The van der Waals surface area contributed by atoms with E-state index in [4.69, 9.17) is 5.73 Å². The minimum absolute atomic E-state index is 0.154. The van der Waals surface area contributed by atoms with Crippen molar-refractivity contribution in [2.75, 3.05) is 10.5 Å². The highest BCUT2D eigenvalue weighted by Crippen LogP contribution is 2.28. The summed E-state index contributed by atoms with van der Waals surface area (Å²) in [6.07, 6.45) is 0. The van der Waals surface area contributed by atoms with Crippen molar-refractivity contribution in [3.05, 3.63) is 50.4 Å². The molecule has 0 radical (unpaired) electrons. The summed E-state index contributed by atoms with van der Waals surface area (Å²) in [4.78, 5) is 0.154. The minimum atomic E-state index is -3.65. The average Bonchev–Trinajstić information content (AvgIpc) is 2.38. The SMILES string of the molecule is Cc1cc(NS(=O)(=O)c2ccc(N)c(Br)c2)cc(C)c1Br. The topological polar surface area (TPSA) is 72.2 Å². The Kier molecular flexibility index (Phi) is 4.65. The Labute approximate surface area is 141 Å². The van der Waals surface area contributed by atoms with Gasteiger partial charge in [-0.2, -0.15) is 0 Å². The third kappa shape index (κ3) is 3.59.